The Morgan fingerprint density at radius 3 is 2.91 bits per heavy atom. The topological polar surface area (TPSA) is 12.9 Å². The van der Waals surface area contributed by atoms with Crippen molar-refractivity contribution in [3.8, 4) is 0 Å². The molecule has 0 amide bonds. The van der Waals surface area contributed by atoms with Crippen LogP contribution in [0.3, 0.4) is 0 Å². The van der Waals surface area contributed by atoms with Crippen molar-refractivity contribution >= 4 is 31.9 Å². The molecule has 3 heteroatoms. The Bertz CT molecular complexity index is 235. The minimum Gasteiger partial charge on any atom is -0.264 e. The lowest BCUT2D eigenvalue weighted by Gasteiger charge is -2.04. The highest BCUT2D eigenvalue weighted by atomic mass is 79.9. The second kappa shape index (κ2) is 4.21. The molecule has 0 saturated heterocycles. The third kappa shape index (κ3) is 2.91. The largest absolute Gasteiger partial charge is 0.264 e. The predicted octanol–water partition coefficient (Wildman–Crippen LogP) is 3.17. The van der Waals surface area contributed by atoms with E-state index in [-0.39, 0.29) is 0 Å². The van der Waals surface area contributed by atoms with E-state index in [0.29, 0.717) is 4.83 Å². The molecule has 0 radical (unpaired) electrons. The second-order valence-corrected chi connectivity index (χ2v) is 4.87. The summed E-state index contributed by atoms with van der Waals surface area (Å²) >= 11 is 6.95. The number of alkyl halides is 1. The first-order valence-electron chi connectivity index (χ1n) is 3.42. The summed E-state index contributed by atoms with van der Waals surface area (Å²) in [6.45, 7) is 2.13. The minimum atomic E-state index is 0.515. The van der Waals surface area contributed by atoms with Gasteiger partial charge in [0.1, 0.15) is 0 Å². The first-order valence-corrected chi connectivity index (χ1v) is 5.13. The van der Waals surface area contributed by atoms with Gasteiger partial charge < -0.3 is 0 Å². The number of hydrogen-bond donors (Lipinski definition) is 0. The normalized spacial score (nSPS) is 13.0. The molecule has 0 aliphatic heterocycles. The quantitative estimate of drug-likeness (QED) is 0.758. The third-order valence-electron chi connectivity index (χ3n) is 1.36. The number of nitrogens with zero attached hydrogens (tertiary/aromatic N) is 1. The molecule has 1 nitrogen and oxygen atoms in total. The van der Waals surface area contributed by atoms with Crippen molar-refractivity contribution < 1.29 is 0 Å². The van der Waals surface area contributed by atoms with Crippen LogP contribution in [0.4, 0.5) is 0 Å². The Hall–Kier alpha value is 0.110. The van der Waals surface area contributed by atoms with Crippen molar-refractivity contribution in [2.45, 2.75) is 18.2 Å². The molecule has 0 fully saturated rings. The van der Waals surface area contributed by atoms with Crippen molar-refractivity contribution in [3.05, 3.63) is 28.5 Å². The molecule has 0 saturated carbocycles. The van der Waals surface area contributed by atoms with E-state index in [1.165, 1.54) is 5.56 Å². The molecule has 1 heterocycles. The average molecular weight is 279 g/mol. The number of pyridine rings is 1. The van der Waals surface area contributed by atoms with Crippen LogP contribution in [0, 0.1) is 0 Å². The number of halogens is 2. The van der Waals surface area contributed by atoms with E-state index in [9.17, 15) is 0 Å². The zero-order valence-corrected chi connectivity index (χ0v) is 9.39. The Labute approximate surface area is 83.5 Å². The molecule has 1 atom stereocenters. The summed E-state index contributed by atoms with van der Waals surface area (Å²) in [5.74, 6) is 0. The van der Waals surface area contributed by atoms with Crippen molar-refractivity contribution in [2.24, 2.45) is 0 Å². The van der Waals surface area contributed by atoms with E-state index >= 15 is 0 Å². The van der Waals surface area contributed by atoms with Crippen LogP contribution >= 0.6 is 31.9 Å². The highest BCUT2D eigenvalue weighted by molar-refractivity contribution is 9.10. The highest BCUT2D eigenvalue weighted by Crippen LogP contribution is 2.18. The van der Waals surface area contributed by atoms with Crippen LogP contribution in [0.1, 0.15) is 12.5 Å². The zero-order chi connectivity index (χ0) is 8.27. The van der Waals surface area contributed by atoms with E-state index < -0.39 is 0 Å². The third-order valence-corrected chi connectivity index (χ3v) is 2.40. The van der Waals surface area contributed by atoms with E-state index in [0.717, 1.165) is 10.9 Å². The van der Waals surface area contributed by atoms with E-state index in [1.54, 1.807) is 0 Å². The molecule has 0 bridgehead atoms. The van der Waals surface area contributed by atoms with Gasteiger partial charge in [0.2, 0.25) is 0 Å². The summed E-state index contributed by atoms with van der Waals surface area (Å²) in [6, 6.07) is 2.03. The van der Waals surface area contributed by atoms with E-state index in [1.807, 2.05) is 18.5 Å². The fourth-order valence-electron chi connectivity index (χ4n) is 0.873. The van der Waals surface area contributed by atoms with Gasteiger partial charge in [-0.2, -0.15) is 0 Å². The Balaban J connectivity index is 2.78. The molecule has 60 valence electrons. The molecule has 0 spiro atoms. The van der Waals surface area contributed by atoms with Crippen LogP contribution in [0.2, 0.25) is 0 Å². The Kier molecular flexibility index (Phi) is 3.52. The van der Waals surface area contributed by atoms with E-state index in [4.69, 9.17) is 0 Å². The summed E-state index contributed by atoms with van der Waals surface area (Å²) in [5, 5.41) is 0. The summed E-state index contributed by atoms with van der Waals surface area (Å²) in [5.41, 5.74) is 1.30. The van der Waals surface area contributed by atoms with Gasteiger partial charge >= 0.3 is 0 Å². The van der Waals surface area contributed by atoms with Crippen molar-refractivity contribution in [1.82, 2.24) is 4.98 Å². The minimum absolute atomic E-state index is 0.515. The highest BCUT2D eigenvalue weighted by Gasteiger charge is 2.01. The fourth-order valence-corrected chi connectivity index (χ4v) is 1.63. The smallest absolute Gasteiger partial charge is 0.0412 e. The second-order valence-electron chi connectivity index (χ2n) is 2.45. The number of rotatable bonds is 2. The maximum absolute atomic E-state index is 3.99. The predicted molar refractivity (Wildman–Crippen MR) is 54.0 cm³/mol. The maximum atomic E-state index is 3.99. The van der Waals surface area contributed by atoms with Gasteiger partial charge in [-0.1, -0.05) is 22.9 Å². The lowest BCUT2D eigenvalue weighted by Crippen LogP contribution is -1.97. The maximum Gasteiger partial charge on any atom is 0.0412 e. The Morgan fingerprint density at radius 1 is 1.64 bits per heavy atom. The van der Waals surface area contributed by atoms with Gasteiger partial charge in [0.25, 0.3) is 0 Å². The lowest BCUT2D eigenvalue weighted by atomic mass is 10.2. The standard InChI is InChI=1S/C8H9Br2N/c1-6(9)4-7-2-3-11-5-8(7)10/h2-3,5-6H,4H2,1H3. The fraction of sp³-hybridized carbons (Fsp3) is 0.375. The van der Waals surface area contributed by atoms with Gasteiger partial charge in [-0.25, -0.2) is 0 Å². The summed E-state index contributed by atoms with van der Waals surface area (Å²) in [7, 11) is 0. The van der Waals surface area contributed by atoms with Gasteiger partial charge in [0.15, 0.2) is 0 Å². The molecule has 0 N–H and O–H groups in total. The number of hydrogen-bond acceptors (Lipinski definition) is 1. The molecule has 11 heavy (non-hydrogen) atoms. The van der Waals surface area contributed by atoms with Gasteiger partial charge in [-0.05, 0) is 34.0 Å². The van der Waals surface area contributed by atoms with Crippen molar-refractivity contribution in [2.75, 3.05) is 0 Å². The molecule has 0 aliphatic carbocycles. The van der Waals surface area contributed by atoms with Crippen LogP contribution < -0.4 is 0 Å². The van der Waals surface area contributed by atoms with Crippen LogP contribution in [-0.2, 0) is 6.42 Å². The zero-order valence-electron chi connectivity index (χ0n) is 6.22. The summed E-state index contributed by atoms with van der Waals surface area (Å²) in [4.78, 5) is 4.51. The van der Waals surface area contributed by atoms with E-state index in [2.05, 4.69) is 43.8 Å². The molecule has 1 rings (SSSR count). The molecule has 1 unspecified atom stereocenters. The monoisotopic (exact) mass is 277 g/mol. The number of aromatic nitrogens is 1. The molecule has 1 aromatic rings. The molecule has 0 aromatic carbocycles. The molecule has 1 aromatic heterocycles. The summed E-state index contributed by atoms with van der Waals surface area (Å²) < 4.78 is 1.09. The first-order chi connectivity index (χ1) is 5.20. The average Bonchev–Trinajstić information content (AvgIpc) is 1.93. The molecule has 0 aliphatic rings. The van der Waals surface area contributed by atoms with Gasteiger partial charge in [-0.15, -0.1) is 0 Å². The van der Waals surface area contributed by atoms with Crippen molar-refractivity contribution in [1.29, 1.82) is 0 Å². The molecular weight excluding hydrogens is 270 g/mol. The van der Waals surface area contributed by atoms with Gasteiger partial charge in [0, 0.05) is 21.7 Å². The van der Waals surface area contributed by atoms with Gasteiger partial charge in [-0.3, -0.25) is 4.98 Å². The Morgan fingerprint density at radius 2 is 2.36 bits per heavy atom. The molecular formula is C8H9Br2N. The first kappa shape index (κ1) is 9.20. The van der Waals surface area contributed by atoms with Gasteiger partial charge in [0.05, 0.1) is 0 Å². The lowest BCUT2D eigenvalue weighted by molar-refractivity contribution is 0.948. The SMILES string of the molecule is CC(Br)Cc1ccncc1Br. The van der Waals surface area contributed by atoms with Crippen LogP contribution in [0.15, 0.2) is 22.9 Å². The van der Waals surface area contributed by atoms with Crippen LogP contribution in [-0.4, -0.2) is 9.81 Å². The van der Waals surface area contributed by atoms with Crippen LogP contribution in [0.5, 0.6) is 0 Å². The van der Waals surface area contributed by atoms with Crippen LogP contribution in [0.25, 0.3) is 0 Å². The van der Waals surface area contributed by atoms with Crippen molar-refractivity contribution in [3.63, 3.8) is 0 Å². The summed E-state index contributed by atoms with van der Waals surface area (Å²) in [6.07, 6.45) is 4.67.